The Labute approximate surface area is 187 Å². The van der Waals surface area contributed by atoms with Crippen molar-refractivity contribution in [3.05, 3.63) is 0 Å². The first-order valence-electron chi connectivity index (χ1n) is 10.7. The van der Waals surface area contributed by atoms with E-state index in [2.05, 4.69) is 16.0 Å². The Kier molecular flexibility index (Phi) is 13.8. The van der Waals surface area contributed by atoms with Crippen LogP contribution < -0.4 is 27.4 Å². The van der Waals surface area contributed by atoms with Crippen molar-refractivity contribution in [3.8, 4) is 0 Å². The average molecular weight is 460 g/mol. The summed E-state index contributed by atoms with van der Waals surface area (Å²) in [5.74, 6) is -4.49. The van der Waals surface area contributed by atoms with Gasteiger partial charge in [0.25, 0.3) is 0 Å². The molecule has 0 radical (unpaired) electrons. The van der Waals surface area contributed by atoms with E-state index in [1.54, 1.807) is 0 Å². The van der Waals surface area contributed by atoms with Crippen LogP contribution in [0.5, 0.6) is 0 Å². The number of carboxylic acid groups (broad SMARTS) is 2. The van der Waals surface area contributed by atoms with E-state index in [-0.39, 0.29) is 18.8 Å². The molecule has 32 heavy (non-hydrogen) atoms. The Balaban J connectivity index is 5.32. The first-order valence-corrected chi connectivity index (χ1v) is 10.7. The number of nitrogens with two attached hydrogens (primary N) is 2. The number of amides is 3. The highest BCUT2D eigenvalue weighted by atomic mass is 16.4. The van der Waals surface area contributed by atoms with E-state index in [1.807, 2.05) is 13.8 Å². The standard InChI is InChI=1S/C20H37N5O7/c1-11(2)10-15(25-17(28)13(22)6-4-5-9-21)19(30)24-14(7-8-16(26)27)18(29)23-12(3)20(31)32/h11-15H,4-10,21-22H2,1-3H3,(H,23,29)(H,24,30)(H,25,28)(H,26,27)(H,31,32). The van der Waals surface area contributed by atoms with Crippen molar-refractivity contribution >= 4 is 29.7 Å². The van der Waals surface area contributed by atoms with Gasteiger partial charge in [-0.1, -0.05) is 20.3 Å². The summed E-state index contributed by atoms with van der Waals surface area (Å²) < 4.78 is 0. The normalized spacial score (nSPS) is 14.7. The highest BCUT2D eigenvalue weighted by Crippen LogP contribution is 2.08. The van der Waals surface area contributed by atoms with Gasteiger partial charge in [0.15, 0.2) is 0 Å². The second-order valence-electron chi connectivity index (χ2n) is 8.14. The Morgan fingerprint density at radius 3 is 1.88 bits per heavy atom. The molecule has 0 aromatic heterocycles. The van der Waals surface area contributed by atoms with Crippen LogP contribution in [0.1, 0.15) is 59.3 Å². The number of aliphatic carboxylic acids is 2. The van der Waals surface area contributed by atoms with Crippen molar-refractivity contribution in [1.82, 2.24) is 16.0 Å². The minimum atomic E-state index is -1.29. The minimum Gasteiger partial charge on any atom is -0.481 e. The molecule has 184 valence electrons. The molecule has 0 aliphatic heterocycles. The fourth-order valence-electron chi connectivity index (χ4n) is 2.81. The topological polar surface area (TPSA) is 214 Å². The summed E-state index contributed by atoms with van der Waals surface area (Å²) in [6, 6.07) is -4.35. The molecule has 0 saturated carbocycles. The Morgan fingerprint density at radius 2 is 1.38 bits per heavy atom. The second kappa shape index (κ2) is 15.1. The van der Waals surface area contributed by atoms with Gasteiger partial charge in [-0.15, -0.1) is 0 Å². The van der Waals surface area contributed by atoms with Crippen LogP contribution in [0.15, 0.2) is 0 Å². The van der Waals surface area contributed by atoms with E-state index < -0.39 is 60.2 Å². The average Bonchev–Trinajstić information content (AvgIpc) is 2.69. The molecule has 4 atom stereocenters. The van der Waals surface area contributed by atoms with Crippen molar-refractivity contribution < 1.29 is 34.2 Å². The van der Waals surface area contributed by atoms with Gasteiger partial charge in [-0.2, -0.15) is 0 Å². The number of carboxylic acids is 2. The van der Waals surface area contributed by atoms with Crippen molar-refractivity contribution in [2.75, 3.05) is 6.54 Å². The summed E-state index contributed by atoms with van der Waals surface area (Å²) >= 11 is 0. The predicted octanol–water partition coefficient (Wildman–Crippen LogP) is -1.09. The molecule has 0 aliphatic carbocycles. The van der Waals surface area contributed by atoms with Crippen LogP contribution in [0.3, 0.4) is 0 Å². The molecule has 0 rings (SSSR count). The van der Waals surface area contributed by atoms with Crippen molar-refractivity contribution in [2.24, 2.45) is 17.4 Å². The van der Waals surface area contributed by atoms with Gasteiger partial charge in [0, 0.05) is 6.42 Å². The molecule has 3 amide bonds. The maximum atomic E-state index is 12.8. The fraction of sp³-hybridized carbons (Fsp3) is 0.750. The molecule has 0 aromatic carbocycles. The maximum Gasteiger partial charge on any atom is 0.325 e. The quantitative estimate of drug-likeness (QED) is 0.139. The summed E-state index contributed by atoms with van der Waals surface area (Å²) in [5.41, 5.74) is 11.3. The third-order valence-electron chi connectivity index (χ3n) is 4.66. The number of unbranched alkanes of at least 4 members (excludes halogenated alkanes) is 1. The monoisotopic (exact) mass is 459 g/mol. The molecule has 0 saturated heterocycles. The third kappa shape index (κ3) is 12.2. The number of rotatable bonds is 16. The van der Waals surface area contributed by atoms with Crippen LogP contribution in [-0.4, -0.2) is 70.6 Å². The van der Waals surface area contributed by atoms with E-state index in [4.69, 9.17) is 21.7 Å². The van der Waals surface area contributed by atoms with Gasteiger partial charge in [0.05, 0.1) is 6.04 Å². The maximum absolute atomic E-state index is 12.8. The molecule has 12 nitrogen and oxygen atoms in total. The van der Waals surface area contributed by atoms with Gasteiger partial charge in [0.1, 0.15) is 18.1 Å². The molecular weight excluding hydrogens is 422 g/mol. The van der Waals surface area contributed by atoms with Crippen LogP contribution in [0.4, 0.5) is 0 Å². The molecule has 0 bridgehead atoms. The molecule has 4 unspecified atom stereocenters. The minimum absolute atomic E-state index is 0.0119. The lowest BCUT2D eigenvalue weighted by Crippen LogP contribution is -2.57. The van der Waals surface area contributed by atoms with Crippen molar-refractivity contribution in [3.63, 3.8) is 0 Å². The number of hydrogen-bond donors (Lipinski definition) is 7. The van der Waals surface area contributed by atoms with Crippen molar-refractivity contribution in [2.45, 2.75) is 83.5 Å². The lowest BCUT2D eigenvalue weighted by atomic mass is 10.0. The van der Waals surface area contributed by atoms with E-state index >= 15 is 0 Å². The zero-order valence-corrected chi connectivity index (χ0v) is 18.9. The molecular formula is C20H37N5O7. The summed E-state index contributed by atoms with van der Waals surface area (Å²) in [7, 11) is 0. The van der Waals surface area contributed by atoms with E-state index in [1.165, 1.54) is 6.92 Å². The molecule has 9 N–H and O–H groups in total. The largest absolute Gasteiger partial charge is 0.481 e. The fourth-order valence-corrected chi connectivity index (χ4v) is 2.81. The first kappa shape index (κ1) is 29.3. The van der Waals surface area contributed by atoms with Gasteiger partial charge < -0.3 is 37.6 Å². The third-order valence-corrected chi connectivity index (χ3v) is 4.66. The SMILES string of the molecule is CC(C)CC(NC(=O)C(N)CCCCN)C(=O)NC(CCC(=O)O)C(=O)NC(C)C(=O)O. The lowest BCUT2D eigenvalue weighted by Gasteiger charge is -2.25. The van der Waals surface area contributed by atoms with E-state index in [0.29, 0.717) is 25.8 Å². The smallest absolute Gasteiger partial charge is 0.325 e. The van der Waals surface area contributed by atoms with Gasteiger partial charge in [-0.3, -0.25) is 24.0 Å². The van der Waals surface area contributed by atoms with Crippen molar-refractivity contribution in [1.29, 1.82) is 0 Å². The number of nitrogens with one attached hydrogen (secondary N) is 3. The molecule has 12 heteroatoms. The second-order valence-corrected chi connectivity index (χ2v) is 8.14. The first-order chi connectivity index (χ1) is 14.9. The molecule has 0 spiro atoms. The van der Waals surface area contributed by atoms with Gasteiger partial charge in [-0.05, 0) is 45.1 Å². The van der Waals surface area contributed by atoms with Gasteiger partial charge in [0.2, 0.25) is 17.7 Å². The summed E-state index contributed by atoms with van der Waals surface area (Å²) in [6.45, 7) is 5.41. The van der Waals surface area contributed by atoms with E-state index in [9.17, 15) is 24.0 Å². The summed E-state index contributed by atoms with van der Waals surface area (Å²) in [4.78, 5) is 59.6. The highest BCUT2D eigenvalue weighted by Gasteiger charge is 2.30. The number of hydrogen-bond acceptors (Lipinski definition) is 7. The van der Waals surface area contributed by atoms with Crippen LogP contribution >= 0.6 is 0 Å². The van der Waals surface area contributed by atoms with Gasteiger partial charge >= 0.3 is 11.9 Å². The molecule has 0 heterocycles. The number of carbonyl (C=O) groups is 5. The summed E-state index contributed by atoms with van der Waals surface area (Å²) in [6.07, 6.45) is 1.35. The Bertz CT molecular complexity index is 656. The zero-order valence-electron chi connectivity index (χ0n) is 18.9. The van der Waals surface area contributed by atoms with Crippen LogP contribution in [0.25, 0.3) is 0 Å². The zero-order chi connectivity index (χ0) is 24.8. The molecule has 0 fully saturated rings. The molecule has 0 aliphatic rings. The van der Waals surface area contributed by atoms with Crippen LogP contribution in [0, 0.1) is 5.92 Å². The van der Waals surface area contributed by atoms with Crippen LogP contribution in [-0.2, 0) is 24.0 Å². The lowest BCUT2D eigenvalue weighted by molar-refractivity contribution is -0.142. The predicted molar refractivity (Wildman–Crippen MR) is 116 cm³/mol. The Morgan fingerprint density at radius 1 is 0.812 bits per heavy atom. The Hall–Kier alpha value is -2.73. The van der Waals surface area contributed by atoms with Crippen LogP contribution in [0.2, 0.25) is 0 Å². The highest BCUT2D eigenvalue weighted by molar-refractivity contribution is 5.94. The summed E-state index contributed by atoms with van der Waals surface area (Å²) in [5, 5.41) is 25.1. The number of carbonyl (C=O) groups excluding carboxylic acids is 3. The van der Waals surface area contributed by atoms with E-state index in [0.717, 1.165) is 0 Å². The molecule has 0 aromatic rings. The van der Waals surface area contributed by atoms with Gasteiger partial charge in [-0.25, -0.2) is 0 Å².